The van der Waals surface area contributed by atoms with Crippen molar-refractivity contribution in [2.45, 2.75) is 38.6 Å². The molecule has 82 valence electrons. The van der Waals surface area contributed by atoms with Gasteiger partial charge in [-0.15, -0.1) is 0 Å². The first-order valence-corrected chi connectivity index (χ1v) is 5.65. The van der Waals surface area contributed by atoms with Crippen molar-refractivity contribution >= 4 is 5.91 Å². The van der Waals surface area contributed by atoms with E-state index in [1.165, 1.54) is 19.3 Å². The van der Waals surface area contributed by atoms with Gasteiger partial charge in [0, 0.05) is 18.0 Å². The highest BCUT2D eigenvalue weighted by Gasteiger charge is 2.20. The van der Waals surface area contributed by atoms with Gasteiger partial charge in [-0.2, -0.15) is 0 Å². The van der Waals surface area contributed by atoms with E-state index in [1.54, 1.807) is 12.5 Å². The average molecular weight is 207 g/mol. The fraction of sp³-hybridized carbons (Fsp3) is 0.583. The predicted octanol–water partition coefficient (Wildman–Crippen LogP) is 2.48. The number of hydrogen-bond acceptors (Lipinski definition) is 2. The smallest absolute Gasteiger partial charge is 0.223 e. The molecule has 3 heteroatoms. The quantitative estimate of drug-likeness (QED) is 0.827. The van der Waals surface area contributed by atoms with E-state index in [2.05, 4.69) is 5.32 Å². The van der Waals surface area contributed by atoms with Crippen molar-refractivity contribution in [2.75, 3.05) is 0 Å². The summed E-state index contributed by atoms with van der Waals surface area (Å²) in [6.07, 6.45) is 9.08. The van der Waals surface area contributed by atoms with Gasteiger partial charge >= 0.3 is 0 Å². The lowest BCUT2D eigenvalue weighted by molar-refractivity contribution is -0.126. The van der Waals surface area contributed by atoms with E-state index in [-0.39, 0.29) is 11.8 Å². The first-order chi connectivity index (χ1) is 7.36. The van der Waals surface area contributed by atoms with Gasteiger partial charge in [0.2, 0.25) is 5.91 Å². The molecule has 1 heterocycles. The Morgan fingerprint density at radius 2 is 2.20 bits per heavy atom. The zero-order valence-corrected chi connectivity index (χ0v) is 8.87. The molecule has 0 radical (unpaired) electrons. The lowest BCUT2D eigenvalue weighted by atomic mass is 9.89. The summed E-state index contributed by atoms with van der Waals surface area (Å²) in [7, 11) is 0. The van der Waals surface area contributed by atoms with Crippen LogP contribution in [0.15, 0.2) is 23.0 Å². The molecule has 1 aromatic heterocycles. The molecule has 0 atom stereocenters. The van der Waals surface area contributed by atoms with Gasteiger partial charge in [-0.3, -0.25) is 4.79 Å². The molecule has 1 amide bonds. The first kappa shape index (κ1) is 10.3. The summed E-state index contributed by atoms with van der Waals surface area (Å²) < 4.78 is 4.94. The maximum atomic E-state index is 11.8. The molecule has 0 aromatic carbocycles. The van der Waals surface area contributed by atoms with Crippen LogP contribution in [0.1, 0.15) is 37.7 Å². The molecule has 1 aliphatic carbocycles. The topological polar surface area (TPSA) is 42.2 Å². The van der Waals surface area contributed by atoms with Gasteiger partial charge in [0.05, 0.1) is 12.5 Å². The summed E-state index contributed by atoms with van der Waals surface area (Å²) in [4.78, 5) is 11.8. The zero-order chi connectivity index (χ0) is 10.5. The SMILES string of the molecule is O=C(NCc1ccoc1)C1CCCCC1. The largest absolute Gasteiger partial charge is 0.472 e. The Labute approximate surface area is 89.9 Å². The van der Waals surface area contributed by atoms with E-state index >= 15 is 0 Å². The number of hydrogen-bond donors (Lipinski definition) is 1. The molecular weight excluding hydrogens is 190 g/mol. The Bertz CT molecular complexity index is 299. The molecule has 1 aliphatic rings. The van der Waals surface area contributed by atoms with Gasteiger partial charge in [-0.1, -0.05) is 19.3 Å². The van der Waals surface area contributed by atoms with Crippen molar-refractivity contribution in [3.63, 3.8) is 0 Å². The average Bonchev–Trinajstić information content (AvgIpc) is 2.80. The molecule has 1 aromatic rings. The van der Waals surface area contributed by atoms with Gasteiger partial charge < -0.3 is 9.73 Å². The Balaban J connectivity index is 1.76. The summed E-state index contributed by atoms with van der Waals surface area (Å²) in [6, 6.07) is 1.88. The van der Waals surface area contributed by atoms with Gasteiger partial charge in [0.1, 0.15) is 0 Å². The lowest BCUT2D eigenvalue weighted by Gasteiger charge is -2.20. The van der Waals surface area contributed by atoms with Crippen LogP contribution in [-0.4, -0.2) is 5.91 Å². The van der Waals surface area contributed by atoms with Crippen LogP contribution in [0, 0.1) is 5.92 Å². The van der Waals surface area contributed by atoms with Gasteiger partial charge in [0.15, 0.2) is 0 Å². The molecule has 1 saturated carbocycles. The van der Waals surface area contributed by atoms with Crippen LogP contribution in [0.2, 0.25) is 0 Å². The number of nitrogens with one attached hydrogen (secondary N) is 1. The van der Waals surface area contributed by atoms with Gasteiger partial charge in [-0.05, 0) is 18.9 Å². The van der Waals surface area contributed by atoms with E-state index in [4.69, 9.17) is 4.42 Å². The van der Waals surface area contributed by atoms with E-state index in [1.807, 2.05) is 6.07 Å². The van der Waals surface area contributed by atoms with Crippen molar-refractivity contribution in [1.29, 1.82) is 0 Å². The standard InChI is InChI=1S/C12H17NO2/c14-12(11-4-2-1-3-5-11)13-8-10-6-7-15-9-10/h6-7,9,11H,1-5,8H2,(H,13,14). The third-order valence-corrected chi connectivity index (χ3v) is 3.02. The summed E-state index contributed by atoms with van der Waals surface area (Å²) in [6.45, 7) is 0.589. The fourth-order valence-corrected chi connectivity index (χ4v) is 2.09. The molecule has 0 spiro atoms. The Morgan fingerprint density at radius 1 is 1.40 bits per heavy atom. The van der Waals surface area contributed by atoms with E-state index in [0.29, 0.717) is 6.54 Å². The van der Waals surface area contributed by atoms with E-state index in [0.717, 1.165) is 18.4 Å². The lowest BCUT2D eigenvalue weighted by Crippen LogP contribution is -2.31. The third-order valence-electron chi connectivity index (χ3n) is 3.02. The van der Waals surface area contributed by atoms with Gasteiger partial charge in [0.25, 0.3) is 0 Å². The minimum Gasteiger partial charge on any atom is -0.472 e. The van der Waals surface area contributed by atoms with Crippen LogP contribution < -0.4 is 5.32 Å². The Kier molecular flexibility index (Phi) is 3.43. The normalized spacial score (nSPS) is 17.6. The monoisotopic (exact) mass is 207 g/mol. The van der Waals surface area contributed by atoms with Crippen LogP contribution >= 0.6 is 0 Å². The predicted molar refractivity (Wildman–Crippen MR) is 57.1 cm³/mol. The zero-order valence-electron chi connectivity index (χ0n) is 8.87. The summed E-state index contributed by atoms with van der Waals surface area (Å²) in [5.41, 5.74) is 1.03. The van der Waals surface area contributed by atoms with Crippen molar-refractivity contribution in [2.24, 2.45) is 5.92 Å². The summed E-state index contributed by atoms with van der Waals surface area (Å²) in [5, 5.41) is 2.96. The van der Waals surface area contributed by atoms with Gasteiger partial charge in [-0.25, -0.2) is 0 Å². The van der Waals surface area contributed by atoms with Crippen molar-refractivity contribution in [3.05, 3.63) is 24.2 Å². The Hall–Kier alpha value is -1.25. The minimum absolute atomic E-state index is 0.205. The molecule has 0 aliphatic heterocycles. The van der Waals surface area contributed by atoms with E-state index in [9.17, 15) is 4.79 Å². The molecule has 1 fully saturated rings. The fourth-order valence-electron chi connectivity index (χ4n) is 2.09. The van der Waals surface area contributed by atoms with Crippen LogP contribution in [0.4, 0.5) is 0 Å². The number of carbonyl (C=O) groups excluding carboxylic acids is 1. The molecule has 0 bridgehead atoms. The molecule has 15 heavy (non-hydrogen) atoms. The van der Waals surface area contributed by atoms with Crippen molar-refractivity contribution in [1.82, 2.24) is 5.32 Å². The number of carbonyl (C=O) groups is 1. The number of furan rings is 1. The molecule has 0 saturated heterocycles. The second-order valence-corrected chi connectivity index (χ2v) is 4.18. The van der Waals surface area contributed by atoms with Crippen molar-refractivity contribution in [3.8, 4) is 0 Å². The number of amides is 1. The van der Waals surface area contributed by atoms with Crippen LogP contribution in [0.5, 0.6) is 0 Å². The highest BCUT2D eigenvalue weighted by molar-refractivity contribution is 5.78. The molecule has 1 N–H and O–H groups in total. The second kappa shape index (κ2) is 5.01. The highest BCUT2D eigenvalue weighted by atomic mass is 16.3. The summed E-state index contributed by atoms with van der Waals surface area (Å²) >= 11 is 0. The molecule has 0 unspecified atom stereocenters. The maximum absolute atomic E-state index is 11.8. The van der Waals surface area contributed by atoms with E-state index < -0.39 is 0 Å². The minimum atomic E-state index is 0.205. The molecule has 2 rings (SSSR count). The Morgan fingerprint density at radius 3 is 2.87 bits per heavy atom. The third kappa shape index (κ3) is 2.85. The van der Waals surface area contributed by atoms with Crippen LogP contribution in [-0.2, 0) is 11.3 Å². The maximum Gasteiger partial charge on any atom is 0.223 e. The second-order valence-electron chi connectivity index (χ2n) is 4.18. The first-order valence-electron chi connectivity index (χ1n) is 5.65. The van der Waals surface area contributed by atoms with Crippen LogP contribution in [0.3, 0.4) is 0 Å². The molecular formula is C12H17NO2. The number of rotatable bonds is 3. The summed E-state index contributed by atoms with van der Waals surface area (Å²) in [5.74, 6) is 0.446. The molecule has 3 nitrogen and oxygen atoms in total. The van der Waals surface area contributed by atoms with Crippen molar-refractivity contribution < 1.29 is 9.21 Å². The van der Waals surface area contributed by atoms with Crippen LogP contribution in [0.25, 0.3) is 0 Å². The highest BCUT2D eigenvalue weighted by Crippen LogP contribution is 2.23.